The number of hydrogen-bond donors (Lipinski definition) is 0. The zero-order valence-corrected chi connectivity index (χ0v) is 17.1. The fourth-order valence-electron chi connectivity index (χ4n) is 3.82. The first-order valence-electron chi connectivity index (χ1n) is 10.2. The lowest BCUT2D eigenvalue weighted by Crippen LogP contribution is -2.49. The number of piperazine rings is 1. The molecule has 7 heteroatoms. The highest BCUT2D eigenvalue weighted by molar-refractivity contribution is 5.68. The van der Waals surface area contributed by atoms with Crippen LogP contribution in [0.4, 0.5) is 10.5 Å². The predicted molar refractivity (Wildman–Crippen MR) is 109 cm³/mol. The molecule has 0 spiro atoms. The lowest BCUT2D eigenvalue weighted by atomic mass is 9.98. The van der Waals surface area contributed by atoms with Crippen LogP contribution in [0.5, 0.6) is 5.75 Å². The average molecular weight is 392 g/mol. The number of carbonyl (C=O) groups excluding carboxylic acids is 1. The van der Waals surface area contributed by atoms with Gasteiger partial charge in [0.1, 0.15) is 5.75 Å². The Hall–Kier alpha value is -1.99. The van der Waals surface area contributed by atoms with Crippen molar-refractivity contribution in [1.82, 2.24) is 9.80 Å². The molecule has 28 heavy (non-hydrogen) atoms. The summed E-state index contributed by atoms with van der Waals surface area (Å²) in [5.74, 6) is 1.33. The molecular formula is C21H33N3O4. The van der Waals surface area contributed by atoms with Crippen LogP contribution < -0.4 is 9.64 Å². The topological polar surface area (TPSA) is 54.5 Å². The summed E-state index contributed by atoms with van der Waals surface area (Å²) in [7, 11) is 3.41. The summed E-state index contributed by atoms with van der Waals surface area (Å²) >= 11 is 0. The summed E-state index contributed by atoms with van der Waals surface area (Å²) < 4.78 is 16.0. The number of likely N-dealkylation sites (tertiary alicyclic amines) is 1. The van der Waals surface area contributed by atoms with Crippen LogP contribution in [0.1, 0.15) is 12.8 Å². The van der Waals surface area contributed by atoms with Gasteiger partial charge in [0.05, 0.1) is 20.3 Å². The van der Waals surface area contributed by atoms with Crippen LogP contribution in [0, 0.1) is 5.92 Å². The first-order chi connectivity index (χ1) is 13.7. The lowest BCUT2D eigenvalue weighted by Gasteiger charge is -2.36. The largest absolute Gasteiger partial charge is 0.497 e. The molecule has 3 rings (SSSR count). The third kappa shape index (κ3) is 5.75. The van der Waals surface area contributed by atoms with E-state index in [4.69, 9.17) is 14.2 Å². The number of rotatable bonds is 7. The van der Waals surface area contributed by atoms with E-state index in [9.17, 15) is 4.79 Å². The molecule has 0 radical (unpaired) electrons. The molecule has 0 aromatic heterocycles. The monoisotopic (exact) mass is 391 g/mol. The summed E-state index contributed by atoms with van der Waals surface area (Å²) in [6.45, 7) is 7.46. The molecule has 0 bridgehead atoms. The van der Waals surface area contributed by atoms with Gasteiger partial charge >= 0.3 is 6.09 Å². The Bertz CT molecular complexity index is 594. The van der Waals surface area contributed by atoms with E-state index in [2.05, 4.69) is 21.9 Å². The molecule has 7 nitrogen and oxygen atoms in total. The quantitative estimate of drug-likeness (QED) is 0.711. The molecule has 0 saturated carbocycles. The second kappa shape index (κ2) is 10.5. The zero-order valence-electron chi connectivity index (χ0n) is 17.1. The van der Waals surface area contributed by atoms with Gasteiger partial charge in [-0.2, -0.15) is 0 Å². The van der Waals surface area contributed by atoms with Gasteiger partial charge in [0.2, 0.25) is 0 Å². The molecule has 0 unspecified atom stereocenters. The summed E-state index contributed by atoms with van der Waals surface area (Å²) in [4.78, 5) is 18.9. The summed E-state index contributed by atoms with van der Waals surface area (Å²) in [6.07, 6.45) is 2.00. The summed E-state index contributed by atoms with van der Waals surface area (Å²) in [5, 5.41) is 0. The highest BCUT2D eigenvalue weighted by Gasteiger charge is 2.25. The Morgan fingerprint density at radius 1 is 1.00 bits per heavy atom. The molecule has 1 aromatic carbocycles. The number of hydrogen-bond acceptors (Lipinski definition) is 6. The third-order valence-electron chi connectivity index (χ3n) is 5.74. The minimum Gasteiger partial charge on any atom is -0.497 e. The van der Waals surface area contributed by atoms with E-state index in [0.29, 0.717) is 25.6 Å². The van der Waals surface area contributed by atoms with Gasteiger partial charge in [-0.25, -0.2) is 4.79 Å². The maximum atomic E-state index is 12.4. The second-order valence-electron chi connectivity index (χ2n) is 7.53. The van der Waals surface area contributed by atoms with Crippen LogP contribution >= 0.6 is 0 Å². The van der Waals surface area contributed by atoms with Crippen LogP contribution in [0.15, 0.2) is 24.3 Å². The molecular weight excluding hydrogens is 358 g/mol. The van der Waals surface area contributed by atoms with Gasteiger partial charge in [0.25, 0.3) is 0 Å². The van der Waals surface area contributed by atoms with E-state index in [-0.39, 0.29) is 6.09 Å². The minimum absolute atomic E-state index is 0.170. The number of methoxy groups -OCH3 is 2. The van der Waals surface area contributed by atoms with E-state index in [1.807, 2.05) is 17.0 Å². The SMILES string of the molecule is COCCN1CCC(COC(=O)N2CCN(c3ccc(OC)cc3)CC2)CC1. The molecule has 1 amide bonds. The number of piperidine rings is 1. The van der Waals surface area contributed by atoms with Crippen molar-refractivity contribution in [1.29, 1.82) is 0 Å². The Kier molecular flexibility index (Phi) is 7.80. The van der Waals surface area contributed by atoms with Gasteiger partial charge in [-0.05, 0) is 56.1 Å². The molecule has 2 aliphatic heterocycles. The van der Waals surface area contributed by atoms with Crippen molar-refractivity contribution < 1.29 is 19.0 Å². The highest BCUT2D eigenvalue weighted by Crippen LogP contribution is 2.21. The smallest absolute Gasteiger partial charge is 0.409 e. The maximum absolute atomic E-state index is 12.4. The van der Waals surface area contributed by atoms with Crippen molar-refractivity contribution in [3.05, 3.63) is 24.3 Å². The molecule has 156 valence electrons. The van der Waals surface area contributed by atoms with E-state index in [1.54, 1.807) is 14.2 Å². The molecule has 2 heterocycles. The number of ether oxygens (including phenoxy) is 3. The van der Waals surface area contributed by atoms with E-state index in [0.717, 1.165) is 63.6 Å². The molecule has 0 N–H and O–H groups in total. The van der Waals surface area contributed by atoms with Gasteiger partial charge in [0, 0.05) is 45.5 Å². The Morgan fingerprint density at radius 3 is 2.29 bits per heavy atom. The Morgan fingerprint density at radius 2 is 1.68 bits per heavy atom. The normalized spacial score (nSPS) is 18.9. The number of benzene rings is 1. The maximum Gasteiger partial charge on any atom is 0.409 e. The van der Waals surface area contributed by atoms with E-state index in [1.165, 1.54) is 0 Å². The highest BCUT2D eigenvalue weighted by atomic mass is 16.6. The van der Waals surface area contributed by atoms with Crippen molar-refractivity contribution in [2.45, 2.75) is 12.8 Å². The molecule has 0 atom stereocenters. The van der Waals surface area contributed by atoms with Crippen molar-refractivity contribution >= 4 is 11.8 Å². The van der Waals surface area contributed by atoms with Crippen LogP contribution in [0.3, 0.4) is 0 Å². The van der Waals surface area contributed by atoms with Crippen molar-refractivity contribution in [2.75, 3.05) is 78.1 Å². The van der Waals surface area contributed by atoms with E-state index >= 15 is 0 Å². The molecule has 2 fully saturated rings. The fraction of sp³-hybridized carbons (Fsp3) is 0.667. The van der Waals surface area contributed by atoms with Crippen LogP contribution in [-0.4, -0.2) is 89.1 Å². The fourth-order valence-corrected chi connectivity index (χ4v) is 3.82. The summed E-state index contributed by atoms with van der Waals surface area (Å²) in [5.41, 5.74) is 1.16. The van der Waals surface area contributed by atoms with E-state index < -0.39 is 0 Å². The van der Waals surface area contributed by atoms with Crippen molar-refractivity contribution in [2.24, 2.45) is 5.92 Å². The molecule has 2 saturated heterocycles. The van der Waals surface area contributed by atoms with Gasteiger partial charge in [-0.1, -0.05) is 0 Å². The van der Waals surface area contributed by atoms with Crippen molar-refractivity contribution in [3.8, 4) is 5.75 Å². The Labute approximate surface area is 168 Å². The minimum atomic E-state index is -0.170. The molecule has 0 aliphatic carbocycles. The van der Waals surface area contributed by atoms with Crippen LogP contribution in [0.2, 0.25) is 0 Å². The van der Waals surface area contributed by atoms with Crippen LogP contribution in [-0.2, 0) is 9.47 Å². The standard InChI is InChI=1S/C21H33N3O4/c1-26-16-15-22-9-7-18(8-10-22)17-28-21(25)24-13-11-23(12-14-24)19-3-5-20(27-2)6-4-19/h3-6,18H,7-17H2,1-2H3. The number of carbonyl (C=O) groups is 1. The first kappa shape index (κ1) is 20.7. The first-order valence-corrected chi connectivity index (χ1v) is 10.2. The van der Waals surface area contributed by atoms with Crippen molar-refractivity contribution in [3.63, 3.8) is 0 Å². The van der Waals surface area contributed by atoms with Gasteiger partial charge in [-0.15, -0.1) is 0 Å². The number of anilines is 1. The van der Waals surface area contributed by atoms with Gasteiger partial charge < -0.3 is 28.9 Å². The third-order valence-corrected chi connectivity index (χ3v) is 5.74. The van der Waals surface area contributed by atoms with Gasteiger partial charge in [-0.3, -0.25) is 0 Å². The predicted octanol–water partition coefficient (Wildman–Crippen LogP) is 2.31. The average Bonchev–Trinajstić information content (AvgIpc) is 2.77. The summed E-state index contributed by atoms with van der Waals surface area (Å²) in [6, 6.07) is 8.06. The van der Waals surface area contributed by atoms with Crippen LogP contribution in [0.25, 0.3) is 0 Å². The lowest BCUT2D eigenvalue weighted by molar-refractivity contribution is 0.0628. The zero-order chi connectivity index (χ0) is 19.8. The Balaban J connectivity index is 1.35. The number of nitrogens with zero attached hydrogens (tertiary/aromatic N) is 3. The molecule has 2 aliphatic rings. The number of amides is 1. The second-order valence-corrected chi connectivity index (χ2v) is 7.53. The molecule has 1 aromatic rings. The van der Waals surface area contributed by atoms with Gasteiger partial charge in [0.15, 0.2) is 0 Å².